The standard InChI is InChI=1S/C28H28N2O5S/c1-36(33,34)22-9-7-19(8-10-22)20-5-6-21-16-24(35-23(21)15-20)26(32)30-28(11-3-2-4-12-28)25(31)17-27(18-29)13-14-27/h5-10,15-16H,2-4,11-14,17H2,1H3,(H,30,32). The first-order chi connectivity index (χ1) is 17.1. The third kappa shape index (κ3) is 4.68. The molecule has 2 aliphatic carbocycles. The van der Waals surface area contributed by atoms with Gasteiger partial charge in [-0.05, 0) is 61.1 Å². The lowest BCUT2D eigenvalue weighted by atomic mass is 9.75. The maximum absolute atomic E-state index is 13.3. The van der Waals surface area contributed by atoms with Gasteiger partial charge in [0.05, 0.1) is 21.9 Å². The number of benzene rings is 2. The van der Waals surface area contributed by atoms with Crippen LogP contribution in [0.2, 0.25) is 0 Å². The van der Waals surface area contributed by atoms with E-state index in [1.165, 1.54) is 6.26 Å². The highest BCUT2D eigenvalue weighted by molar-refractivity contribution is 7.90. The predicted molar refractivity (Wildman–Crippen MR) is 135 cm³/mol. The number of fused-ring (bicyclic) bond motifs is 1. The SMILES string of the molecule is CS(=O)(=O)c1ccc(-c2ccc3cc(C(=O)NC4(C(=O)CC5(C#N)CC5)CCCCC4)oc3c2)cc1. The van der Waals surface area contributed by atoms with Gasteiger partial charge in [-0.2, -0.15) is 5.26 Å². The molecule has 1 N–H and O–H groups in total. The molecule has 186 valence electrons. The van der Waals surface area contributed by atoms with E-state index in [2.05, 4.69) is 11.4 Å². The van der Waals surface area contributed by atoms with Crippen molar-refractivity contribution in [1.82, 2.24) is 5.32 Å². The normalized spacial score (nSPS) is 18.3. The van der Waals surface area contributed by atoms with Crippen LogP contribution >= 0.6 is 0 Å². The van der Waals surface area contributed by atoms with Crippen molar-refractivity contribution in [2.75, 3.05) is 6.26 Å². The van der Waals surface area contributed by atoms with Gasteiger partial charge in [-0.3, -0.25) is 9.59 Å². The smallest absolute Gasteiger partial charge is 0.287 e. The molecule has 7 nitrogen and oxygen atoms in total. The van der Waals surface area contributed by atoms with Crippen molar-refractivity contribution in [3.8, 4) is 17.2 Å². The average molecular weight is 505 g/mol. The lowest BCUT2D eigenvalue weighted by molar-refractivity contribution is -0.127. The summed E-state index contributed by atoms with van der Waals surface area (Å²) in [5.74, 6) is -0.346. The van der Waals surface area contributed by atoms with Gasteiger partial charge in [-0.15, -0.1) is 0 Å². The van der Waals surface area contributed by atoms with Crippen LogP contribution in [-0.4, -0.2) is 31.9 Å². The maximum Gasteiger partial charge on any atom is 0.287 e. The minimum atomic E-state index is -3.28. The lowest BCUT2D eigenvalue weighted by Crippen LogP contribution is -2.56. The Hall–Kier alpha value is -3.44. The molecule has 0 radical (unpaired) electrons. The van der Waals surface area contributed by atoms with Crippen molar-refractivity contribution in [1.29, 1.82) is 5.26 Å². The molecule has 2 aliphatic rings. The van der Waals surface area contributed by atoms with Crippen LogP contribution in [0.15, 0.2) is 57.8 Å². The molecule has 1 amide bonds. The largest absolute Gasteiger partial charge is 0.451 e. The quantitative estimate of drug-likeness (QED) is 0.473. The van der Waals surface area contributed by atoms with Crippen molar-refractivity contribution >= 4 is 32.5 Å². The second-order valence-corrected chi connectivity index (χ2v) is 12.3. The van der Waals surface area contributed by atoms with Gasteiger partial charge in [-0.1, -0.05) is 43.5 Å². The fourth-order valence-corrected chi connectivity index (χ4v) is 5.71. The van der Waals surface area contributed by atoms with E-state index in [1.54, 1.807) is 30.3 Å². The van der Waals surface area contributed by atoms with Gasteiger partial charge in [0.25, 0.3) is 5.91 Å². The average Bonchev–Trinajstić information content (AvgIpc) is 3.51. The van der Waals surface area contributed by atoms with Crippen LogP contribution in [0.4, 0.5) is 0 Å². The highest BCUT2D eigenvalue weighted by Gasteiger charge is 2.50. The van der Waals surface area contributed by atoms with Crippen LogP contribution in [-0.2, 0) is 14.6 Å². The van der Waals surface area contributed by atoms with E-state index >= 15 is 0 Å². The molecule has 0 bridgehead atoms. The fraction of sp³-hybridized carbons (Fsp3) is 0.393. The Morgan fingerprint density at radius 3 is 2.25 bits per heavy atom. The van der Waals surface area contributed by atoms with E-state index in [-0.39, 0.29) is 22.9 Å². The van der Waals surface area contributed by atoms with Gasteiger partial charge < -0.3 is 9.73 Å². The molecule has 1 aromatic heterocycles. The minimum Gasteiger partial charge on any atom is -0.451 e. The summed E-state index contributed by atoms with van der Waals surface area (Å²) in [6.07, 6.45) is 6.71. The summed E-state index contributed by atoms with van der Waals surface area (Å²) in [4.78, 5) is 26.8. The number of carbonyl (C=O) groups is 2. The molecule has 2 saturated carbocycles. The number of furan rings is 1. The Bertz CT molecular complexity index is 1480. The van der Waals surface area contributed by atoms with E-state index in [4.69, 9.17) is 4.42 Å². The number of nitrogens with zero attached hydrogens (tertiary/aromatic N) is 1. The molecule has 0 spiro atoms. The summed E-state index contributed by atoms with van der Waals surface area (Å²) in [6, 6.07) is 16.1. The monoisotopic (exact) mass is 504 g/mol. The van der Waals surface area contributed by atoms with Crippen molar-refractivity contribution in [2.24, 2.45) is 5.41 Å². The number of nitriles is 1. The van der Waals surface area contributed by atoms with Gasteiger partial charge in [-0.25, -0.2) is 8.42 Å². The molecule has 0 saturated heterocycles. The minimum absolute atomic E-state index is 0.0504. The summed E-state index contributed by atoms with van der Waals surface area (Å²) in [7, 11) is -3.28. The summed E-state index contributed by atoms with van der Waals surface area (Å²) in [5.41, 5.74) is 0.670. The molecule has 0 unspecified atom stereocenters. The number of rotatable bonds is 7. The molecule has 1 heterocycles. The van der Waals surface area contributed by atoms with Crippen molar-refractivity contribution in [3.05, 3.63) is 54.3 Å². The number of hydrogen-bond acceptors (Lipinski definition) is 6. The van der Waals surface area contributed by atoms with Gasteiger partial charge in [0, 0.05) is 18.1 Å². The van der Waals surface area contributed by atoms with Gasteiger partial charge >= 0.3 is 0 Å². The molecule has 3 aromatic rings. The number of sulfone groups is 1. The van der Waals surface area contributed by atoms with Crippen molar-refractivity contribution in [2.45, 2.75) is 61.8 Å². The molecule has 0 atom stereocenters. The molecular weight excluding hydrogens is 476 g/mol. The third-order valence-electron chi connectivity index (χ3n) is 7.54. The molecular formula is C28H28N2O5S. The van der Waals surface area contributed by atoms with E-state index in [9.17, 15) is 23.3 Å². The van der Waals surface area contributed by atoms with Crippen LogP contribution in [0, 0.1) is 16.7 Å². The van der Waals surface area contributed by atoms with Crippen LogP contribution in [0.1, 0.15) is 61.9 Å². The van der Waals surface area contributed by atoms with E-state index in [0.717, 1.165) is 48.6 Å². The highest BCUT2D eigenvalue weighted by atomic mass is 32.2. The molecule has 5 rings (SSSR count). The summed E-state index contributed by atoms with van der Waals surface area (Å²) in [5, 5.41) is 13.2. The van der Waals surface area contributed by atoms with Crippen LogP contribution in [0.25, 0.3) is 22.1 Å². The van der Waals surface area contributed by atoms with Crippen molar-refractivity contribution < 1.29 is 22.4 Å². The highest BCUT2D eigenvalue weighted by Crippen LogP contribution is 2.49. The van der Waals surface area contributed by atoms with Crippen LogP contribution in [0.5, 0.6) is 0 Å². The number of carbonyl (C=O) groups excluding carboxylic acids is 2. The maximum atomic E-state index is 13.3. The fourth-order valence-electron chi connectivity index (χ4n) is 5.08. The number of hydrogen-bond donors (Lipinski definition) is 1. The summed E-state index contributed by atoms with van der Waals surface area (Å²) < 4.78 is 29.4. The van der Waals surface area contributed by atoms with Gasteiger partial charge in [0.2, 0.25) is 0 Å². The predicted octanol–water partition coefficient (Wildman–Crippen LogP) is 5.20. The Morgan fingerprint density at radius 1 is 0.972 bits per heavy atom. The van der Waals surface area contributed by atoms with E-state index < -0.39 is 26.7 Å². The number of nitrogens with one attached hydrogen (secondary N) is 1. The molecule has 36 heavy (non-hydrogen) atoms. The number of amides is 1. The summed E-state index contributed by atoms with van der Waals surface area (Å²) in [6.45, 7) is 0. The van der Waals surface area contributed by atoms with Crippen LogP contribution in [0.3, 0.4) is 0 Å². The first-order valence-corrected chi connectivity index (χ1v) is 14.1. The second kappa shape index (κ2) is 8.90. The summed E-state index contributed by atoms with van der Waals surface area (Å²) >= 11 is 0. The number of ketones is 1. The lowest BCUT2D eigenvalue weighted by Gasteiger charge is -2.37. The van der Waals surface area contributed by atoms with Gasteiger partial charge in [0.15, 0.2) is 21.4 Å². The van der Waals surface area contributed by atoms with Crippen molar-refractivity contribution in [3.63, 3.8) is 0 Å². The molecule has 2 aromatic carbocycles. The third-order valence-corrected chi connectivity index (χ3v) is 8.67. The molecule has 0 aliphatic heterocycles. The zero-order valence-corrected chi connectivity index (χ0v) is 21.0. The molecule has 2 fully saturated rings. The molecule has 8 heteroatoms. The first-order valence-electron chi connectivity index (χ1n) is 12.2. The zero-order chi connectivity index (χ0) is 25.6. The Labute approximate surface area is 210 Å². The Morgan fingerprint density at radius 2 is 1.64 bits per heavy atom. The Kier molecular flexibility index (Phi) is 6.00. The first kappa shape index (κ1) is 24.3. The number of Topliss-reactive ketones (excluding diaryl/α,β-unsaturated/α-hetero) is 1. The van der Waals surface area contributed by atoms with E-state index in [1.807, 2.05) is 18.2 Å². The van der Waals surface area contributed by atoms with Crippen LogP contribution < -0.4 is 5.32 Å². The van der Waals surface area contributed by atoms with E-state index in [0.29, 0.717) is 18.4 Å². The zero-order valence-electron chi connectivity index (χ0n) is 20.2. The topological polar surface area (TPSA) is 117 Å². The van der Waals surface area contributed by atoms with Gasteiger partial charge in [0.1, 0.15) is 5.58 Å². The second-order valence-electron chi connectivity index (χ2n) is 10.2. The Balaban J connectivity index is 1.38.